The number of rotatable bonds is 9. The second-order valence-corrected chi connectivity index (χ2v) is 12.7. The fourth-order valence-corrected chi connectivity index (χ4v) is 6.83. The molecule has 14 heteroatoms. The monoisotopic (exact) mass is 628 g/mol. The Morgan fingerprint density at radius 3 is 2.55 bits per heavy atom. The zero-order valence-electron chi connectivity index (χ0n) is 23.8. The van der Waals surface area contributed by atoms with Crippen molar-refractivity contribution in [3.8, 4) is 11.3 Å². The molecule has 2 fully saturated rings. The van der Waals surface area contributed by atoms with E-state index in [9.17, 15) is 21.6 Å². The molecule has 4 heterocycles. The summed E-state index contributed by atoms with van der Waals surface area (Å²) in [5.74, 6) is 1.22. The summed E-state index contributed by atoms with van der Waals surface area (Å²) in [6, 6.07) is 9.98. The van der Waals surface area contributed by atoms with Crippen LogP contribution in [0.25, 0.3) is 22.2 Å². The first-order valence-electron chi connectivity index (χ1n) is 14.4. The van der Waals surface area contributed by atoms with Gasteiger partial charge in [0.1, 0.15) is 12.4 Å². The second-order valence-electron chi connectivity index (χ2n) is 10.8. The topological polar surface area (TPSA) is 119 Å². The minimum atomic E-state index is -4.58. The van der Waals surface area contributed by atoms with E-state index < -0.39 is 21.8 Å². The fourth-order valence-electron chi connectivity index (χ4n) is 5.51. The lowest BCUT2D eigenvalue weighted by molar-refractivity contribution is -0.137. The number of ether oxygens (including phenoxy) is 2. The van der Waals surface area contributed by atoms with Gasteiger partial charge >= 0.3 is 6.18 Å². The molecule has 1 aromatic carbocycles. The van der Waals surface area contributed by atoms with E-state index in [0.717, 1.165) is 18.9 Å². The Morgan fingerprint density at radius 2 is 1.82 bits per heavy atom. The summed E-state index contributed by atoms with van der Waals surface area (Å²) in [4.78, 5) is 17.5. The van der Waals surface area contributed by atoms with E-state index in [4.69, 9.17) is 9.47 Å². The van der Waals surface area contributed by atoms with Gasteiger partial charge in [0.15, 0.2) is 10.9 Å². The Kier molecular flexibility index (Phi) is 8.76. The molecule has 44 heavy (non-hydrogen) atoms. The number of morpholine rings is 1. The number of pyridine rings is 2. The molecule has 1 aliphatic carbocycles. The predicted octanol–water partition coefficient (Wildman–Crippen LogP) is 5.58. The predicted molar refractivity (Wildman–Crippen MR) is 156 cm³/mol. The van der Waals surface area contributed by atoms with Crippen LogP contribution in [0, 0.1) is 5.92 Å². The van der Waals surface area contributed by atoms with Crippen molar-refractivity contribution >= 4 is 32.4 Å². The van der Waals surface area contributed by atoms with Gasteiger partial charge < -0.3 is 14.8 Å². The van der Waals surface area contributed by atoms with Crippen LogP contribution in [0.1, 0.15) is 37.1 Å². The van der Waals surface area contributed by atoms with Crippen LogP contribution in [0.5, 0.6) is 0 Å². The number of sulfonamides is 1. The highest BCUT2D eigenvalue weighted by Gasteiger charge is 2.34. The molecule has 1 N–H and O–H groups in total. The van der Waals surface area contributed by atoms with Crippen LogP contribution in [0.2, 0.25) is 0 Å². The molecule has 10 nitrogen and oxygen atoms in total. The van der Waals surface area contributed by atoms with Crippen molar-refractivity contribution in [1.82, 2.24) is 24.2 Å². The van der Waals surface area contributed by atoms with Crippen LogP contribution >= 0.6 is 0 Å². The van der Waals surface area contributed by atoms with E-state index >= 15 is 0 Å². The number of hydrogen-bond donors (Lipinski definition) is 1. The molecular weight excluding hydrogens is 597 g/mol. The van der Waals surface area contributed by atoms with Crippen molar-refractivity contribution in [2.45, 2.75) is 43.5 Å². The third-order valence-corrected chi connectivity index (χ3v) is 9.58. The van der Waals surface area contributed by atoms with Gasteiger partial charge in [-0.05, 0) is 55.2 Å². The van der Waals surface area contributed by atoms with Crippen molar-refractivity contribution in [3.05, 3.63) is 66.2 Å². The van der Waals surface area contributed by atoms with Crippen molar-refractivity contribution < 1.29 is 31.1 Å². The van der Waals surface area contributed by atoms with Gasteiger partial charge in [-0.1, -0.05) is 18.9 Å². The van der Waals surface area contributed by atoms with E-state index in [-0.39, 0.29) is 36.0 Å². The van der Waals surface area contributed by atoms with Crippen molar-refractivity contribution in [1.29, 1.82) is 0 Å². The number of nitrogens with zero attached hydrogens (tertiary/aromatic N) is 5. The van der Waals surface area contributed by atoms with Gasteiger partial charge in [-0.15, -0.1) is 0 Å². The minimum absolute atomic E-state index is 0.0843. The number of fused-ring (bicyclic) bond motifs is 1. The van der Waals surface area contributed by atoms with Gasteiger partial charge in [0.25, 0.3) is 10.0 Å². The Hall–Kier alpha value is -3.72. The normalized spacial score (nSPS) is 16.9. The summed E-state index contributed by atoms with van der Waals surface area (Å²) in [5, 5.41) is 3.64. The summed E-state index contributed by atoms with van der Waals surface area (Å²) in [6.45, 7) is 1.87. The van der Waals surface area contributed by atoms with Crippen LogP contribution in [-0.2, 0) is 32.3 Å². The lowest BCUT2D eigenvalue weighted by atomic mass is 10.0. The summed E-state index contributed by atoms with van der Waals surface area (Å²) >= 11 is 0. The van der Waals surface area contributed by atoms with Gasteiger partial charge in [-0.3, -0.25) is 4.98 Å². The van der Waals surface area contributed by atoms with E-state index in [1.165, 1.54) is 41.7 Å². The second kappa shape index (κ2) is 12.7. The lowest BCUT2D eigenvalue weighted by Crippen LogP contribution is -2.40. The van der Waals surface area contributed by atoms with Crippen molar-refractivity contribution in [2.24, 2.45) is 5.92 Å². The molecule has 1 saturated heterocycles. The lowest BCUT2D eigenvalue weighted by Gasteiger charge is -2.25. The molecule has 3 aromatic heterocycles. The van der Waals surface area contributed by atoms with Gasteiger partial charge in [0.05, 0.1) is 41.9 Å². The van der Waals surface area contributed by atoms with Gasteiger partial charge in [-0.2, -0.15) is 17.5 Å². The third kappa shape index (κ3) is 6.67. The zero-order chi connectivity index (χ0) is 30.7. The van der Waals surface area contributed by atoms with E-state index in [0.29, 0.717) is 54.0 Å². The number of nitrogens with one attached hydrogen (secondary N) is 1. The Bertz CT molecular complexity index is 1730. The molecule has 0 unspecified atom stereocenters. The number of hydrogen-bond acceptors (Lipinski definition) is 9. The first kappa shape index (κ1) is 30.3. The first-order chi connectivity index (χ1) is 21.2. The molecule has 232 valence electrons. The summed E-state index contributed by atoms with van der Waals surface area (Å²) < 4.78 is 79.8. The maximum Gasteiger partial charge on any atom is 0.418 e. The molecule has 0 amide bonds. The SMILES string of the molecule is O=S(=O)(c1ccc(Nc2nc(COCC3CCCC3)nc3cc(-c4ncccc4C(F)(F)F)ccc23)cn1)N1CCOCC1. The molecule has 0 radical (unpaired) electrons. The average molecular weight is 629 g/mol. The highest BCUT2D eigenvalue weighted by molar-refractivity contribution is 7.89. The average Bonchev–Trinajstić information content (AvgIpc) is 3.55. The Labute approximate surface area is 252 Å². The molecule has 4 aromatic rings. The summed E-state index contributed by atoms with van der Waals surface area (Å²) in [6.07, 6.45) is 2.74. The first-order valence-corrected chi connectivity index (χ1v) is 15.8. The van der Waals surface area contributed by atoms with Gasteiger partial charge in [0.2, 0.25) is 0 Å². The number of halogens is 3. The number of anilines is 2. The van der Waals surface area contributed by atoms with Crippen LogP contribution in [0.3, 0.4) is 0 Å². The highest BCUT2D eigenvalue weighted by atomic mass is 32.2. The van der Waals surface area contributed by atoms with Crippen LogP contribution < -0.4 is 5.32 Å². The van der Waals surface area contributed by atoms with E-state index in [1.807, 2.05) is 0 Å². The molecule has 0 spiro atoms. The molecule has 1 saturated carbocycles. The number of aromatic nitrogens is 4. The zero-order valence-corrected chi connectivity index (χ0v) is 24.6. The maximum absolute atomic E-state index is 13.7. The molecule has 0 bridgehead atoms. The summed E-state index contributed by atoms with van der Waals surface area (Å²) in [5.41, 5.74) is 0.0854. The van der Waals surface area contributed by atoms with Gasteiger partial charge in [-0.25, -0.2) is 23.4 Å². The third-order valence-electron chi connectivity index (χ3n) is 7.76. The number of alkyl halides is 3. The summed E-state index contributed by atoms with van der Waals surface area (Å²) in [7, 11) is -3.77. The Balaban J connectivity index is 1.32. The van der Waals surface area contributed by atoms with Crippen LogP contribution in [0.15, 0.2) is 59.9 Å². The van der Waals surface area contributed by atoms with Crippen molar-refractivity contribution in [3.63, 3.8) is 0 Å². The van der Waals surface area contributed by atoms with Crippen molar-refractivity contribution in [2.75, 3.05) is 38.2 Å². The molecular formula is C30H31F3N6O4S. The molecule has 2 aliphatic rings. The fraction of sp³-hybridized carbons (Fsp3) is 0.400. The van der Waals surface area contributed by atoms with Crippen LogP contribution in [0.4, 0.5) is 24.7 Å². The smallest absolute Gasteiger partial charge is 0.379 e. The highest BCUT2D eigenvalue weighted by Crippen LogP contribution is 2.37. The van der Waals surface area contributed by atoms with E-state index in [2.05, 4.69) is 25.3 Å². The Morgan fingerprint density at radius 1 is 1.02 bits per heavy atom. The molecule has 0 atom stereocenters. The van der Waals surface area contributed by atoms with Crippen LogP contribution in [-0.4, -0.2) is 65.6 Å². The number of benzene rings is 1. The molecule has 6 rings (SSSR count). The maximum atomic E-state index is 13.7. The minimum Gasteiger partial charge on any atom is -0.379 e. The molecule has 1 aliphatic heterocycles. The standard InChI is InChI=1S/C30H31F3N6O4S/c31-30(32,33)24-6-3-11-34-28(24)21-7-9-23-25(16-21)37-26(19-43-18-20-4-1-2-5-20)38-29(23)36-22-8-10-27(35-17-22)44(40,41)39-12-14-42-15-13-39/h3,6-11,16-17,20H,1-2,4-5,12-15,18-19H2,(H,36,37,38). The van der Waals surface area contributed by atoms with E-state index in [1.54, 1.807) is 24.3 Å². The van der Waals surface area contributed by atoms with Gasteiger partial charge in [0, 0.05) is 36.8 Å². The quantitative estimate of drug-likeness (QED) is 0.254. The largest absolute Gasteiger partial charge is 0.418 e.